The highest BCUT2D eigenvalue weighted by atomic mass is 32.2. The molecule has 3 heterocycles. The van der Waals surface area contributed by atoms with Crippen LogP contribution in [-0.2, 0) is 16.2 Å². The van der Waals surface area contributed by atoms with Crippen molar-refractivity contribution in [1.82, 2.24) is 9.97 Å². The Labute approximate surface area is 182 Å². The Morgan fingerprint density at radius 3 is 2.53 bits per heavy atom. The van der Waals surface area contributed by atoms with Crippen LogP contribution in [0.3, 0.4) is 0 Å². The van der Waals surface area contributed by atoms with Gasteiger partial charge in [-0.1, -0.05) is 24.3 Å². The fraction of sp³-hybridized carbons (Fsp3) is 0.143. The third kappa shape index (κ3) is 4.67. The predicted octanol–water partition coefficient (Wildman–Crippen LogP) is 4.32. The maximum atomic E-state index is 13.7. The summed E-state index contributed by atoms with van der Waals surface area (Å²) in [4.78, 5) is 8.05. The summed E-state index contributed by atoms with van der Waals surface area (Å²) in [5, 5.41) is 2.67. The van der Waals surface area contributed by atoms with E-state index in [9.17, 15) is 21.6 Å². The van der Waals surface area contributed by atoms with Crippen LogP contribution in [0.5, 0.6) is 5.75 Å². The number of halogens is 3. The van der Waals surface area contributed by atoms with Gasteiger partial charge in [0, 0.05) is 12.1 Å². The summed E-state index contributed by atoms with van der Waals surface area (Å²) in [6.45, 7) is 0.452. The van der Waals surface area contributed by atoms with Gasteiger partial charge < -0.3 is 10.1 Å². The first-order valence-corrected chi connectivity index (χ1v) is 10.9. The fourth-order valence-corrected chi connectivity index (χ4v) is 4.01. The molecule has 0 unspecified atom stereocenters. The first kappa shape index (κ1) is 21.6. The Morgan fingerprint density at radius 1 is 0.906 bits per heavy atom. The SMILES string of the molecule is O=S1(=O)Nc2ccc(C(F)(F)F)c(n2)-c2ccccc2OCC=CCNc2cccc1n2. The second-order valence-corrected chi connectivity index (χ2v) is 8.35. The molecule has 4 rings (SSSR count). The van der Waals surface area contributed by atoms with Gasteiger partial charge in [-0.3, -0.25) is 4.72 Å². The molecule has 1 aliphatic heterocycles. The molecular weight excluding hydrogens is 445 g/mol. The summed E-state index contributed by atoms with van der Waals surface area (Å²) < 4.78 is 74.6. The molecular formula is C21H17F3N4O3S. The van der Waals surface area contributed by atoms with E-state index < -0.39 is 27.5 Å². The molecule has 166 valence electrons. The zero-order valence-electron chi connectivity index (χ0n) is 16.4. The number of fused-ring (bicyclic) bond motifs is 6. The second kappa shape index (κ2) is 8.50. The maximum Gasteiger partial charge on any atom is 0.418 e. The van der Waals surface area contributed by atoms with Crippen molar-refractivity contribution in [3.63, 3.8) is 0 Å². The van der Waals surface area contributed by atoms with Crippen LogP contribution in [0.15, 0.2) is 71.8 Å². The van der Waals surface area contributed by atoms with E-state index in [2.05, 4.69) is 20.0 Å². The number of anilines is 2. The minimum Gasteiger partial charge on any atom is -0.489 e. The van der Waals surface area contributed by atoms with E-state index in [0.717, 1.165) is 12.1 Å². The molecule has 0 saturated carbocycles. The lowest BCUT2D eigenvalue weighted by Gasteiger charge is -2.17. The van der Waals surface area contributed by atoms with Crippen molar-refractivity contribution < 1.29 is 26.3 Å². The van der Waals surface area contributed by atoms with Crippen molar-refractivity contribution in [1.29, 1.82) is 0 Å². The Morgan fingerprint density at radius 2 is 1.72 bits per heavy atom. The smallest absolute Gasteiger partial charge is 0.418 e. The van der Waals surface area contributed by atoms with Gasteiger partial charge in [0.2, 0.25) is 0 Å². The molecule has 32 heavy (non-hydrogen) atoms. The van der Waals surface area contributed by atoms with Crippen LogP contribution in [-0.4, -0.2) is 31.5 Å². The molecule has 0 fully saturated rings. The Hall–Kier alpha value is -3.60. The summed E-state index contributed by atoms with van der Waals surface area (Å²) in [5.41, 5.74) is -1.38. The number of benzene rings is 1. The minimum absolute atomic E-state index is 0.0830. The molecule has 7 nitrogen and oxygen atoms in total. The van der Waals surface area contributed by atoms with Crippen LogP contribution >= 0.6 is 0 Å². The number of nitrogens with zero attached hydrogens (tertiary/aromatic N) is 2. The van der Waals surface area contributed by atoms with Gasteiger partial charge in [0.05, 0.1) is 11.3 Å². The summed E-state index contributed by atoms with van der Waals surface area (Å²) in [7, 11) is -4.20. The number of hydrogen-bond donors (Lipinski definition) is 2. The maximum absolute atomic E-state index is 13.7. The molecule has 2 aromatic heterocycles. The van der Waals surface area contributed by atoms with Crippen LogP contribution in [0.1, 0.15) is 5.56 Å². The molecule has 0 saturated heterocycles. The van der Waals surface area contributed by atoms with Crippen molar-refractivity contribution in [3.8, 4) is 17.0 Å². The molecule has 3 aromatic rings. The summed E-state index contributed by atoms with van der Waals surface area (Å²) in [6.07, 6.45) is -1.29. The van der Waals surface area contributed by atoms with E-state index >= 15 is 0 Å². The van der Waals surface area contributed by atoms with Gasteiger partial charge >= 0.3 is 6.18 Å². The zero-order chi connectivity index (χ0) is 22.8. The van der Waals surface area contributed by atoms with Crippen LogP contribution in [0.2, 0.25) is 0 Å². The van der Waals surface area contributed by atoms with Crippen LogP contribution in [0.4, 0.5) is 24.8 Å². The molecule has 1 aliphatic rings. The topological polar surface area (TPSA) is 93.2 Å². The average molecular weight is 462 g/mol. The number of sulfonamides is 1. The lowest BCUT2D eigenvalue weighted by Crippen LogP contribution is -2.17. The largest absolute Gasteiger partial charge is 0.489 e. The summed E-state index contributed by atoms with van der Waals surface area (Å²) in [6, 6.07) is 12.3. The standard InChI is InChI=1S/C21H17F3N4O3S/c22-21(23,24)15-10-11-18-27-20(15)14-6-1-2-7-16(14)31-13-4-3-12-25-17-8-5-9-19(26-17)32(29,30)28-18/h1-11H,12-13H2,(H,25,26)(H,27,28). The number of ether oxygens (including phenoxy) is 1. The number of aromatic nitrogens is 2. The zero-order valence-corrected chi connectivity index (χ0v) is 17.2. The molecule has 0 radical (unpaired) electrons. The van der Waals surface area contributed by atoms with Crippen molar-refractivity contribution in [2.24, 2.45) is 0 Å². The third-order valence-electron chi connectivity index (χ3n) is 4.48. The normalized spacial score (nSPS) is 15.6. The molecule has 0 amide bonds. The molecule has 0 atom stereocenters. The summed E-state index contributed by atoms with van der Waals surface area (Å²) in [5.74, 6) is 0.217. The minimum atomic E-state index is -4.71. The molecule has 2 N–H and O–H groups in total. The van der Waals surface area contributed by atoms with Gasteiger partial charge in [-0.2, -0.15) is 21.6 Å². The van der Waals surface area contributed by atoms with Gasteiger partial charge in [-0.25, -0.2) is 9.97 Å². The van der Waals surface area contributed by atoms with Crippen molar-refractivity contribution >= 4 is 21.7 Å². The first-order chi connectivity index (χ1) is 15.2. The third-order valence-corrected chi connectivity index (χ3v) is 5.74. The van der Waals surface area contributed by atoms with Gasteiger partial charge in [0.15, 0.2) is 5.03 Å². The first-order valence-electron chi connectivity index (χ1n) is 9.43. The second-order valence-electron chi connectivity index (χ2n) is 6.72. The molecule has 4 bridgehead atoms. The molecule has 0 aliphatic carbocycles. The monoisotopic (exact) mass is 462 g/mol. The molecule has 1 aromatic carbocycles. The number of nitrogens with one attached hydrogen (secondary N) is 2. The van der Waals surface area contributed by atoms with Crippen LogP contribution < -0.4 is 14.8 Å². The molecule has 11 heteroatoms. The van der Waals surface area contributed by atoms with Crippen LogP contribution in [0, 0.1) is 0 Å². The van der Waals surface area contributed by atoms with Gasteiger partial charge in [-0.15, -0.1) is 0 Å². The van der Waals surface area contributed by atoms with E-state index in [1.165, 1.54) is 24.3 Å². The van der Waals surface area contributed by atoms with Gasteiger partial charge in [0.25, 0.3) is 10.0 Å². The average Bonchev–Trinajstić information content (AvgIpc) is 2.75. The molecule has 0 spiro atoms. The van der Waals surface area contributed by atoms with E-state index in [1.807, 2.05) is 0 Å². The van der Waals surface area contributed by atoms with Crippen molar-refractivity contribution in [2.45, 2.75) is 11.2 Å². The number of alkyl halides is 3. The lowest BCUT2D eigenvalue weighted by atomic mass is 10.0. The van der Waals surface area contributed by atoms with E-state index in [4.69, 9.17) is 4.74 Å². The number of hydrogen-bond acceptors (Lipinski definition) is 6. The lowest BCUT2D eigenvalue weighted by molar-refractivity contribution is -0.137. The van der Waals surface area contributed by atoms with E-state index in [1.54, 1.807) is 30.4 Å². The number of pyridine rings is 2. The Balaban J connectivity index is 1.89. The van der Waals surface area contributed by atoms with Gasteiger partial charge in [0.1, 0.15) is 24.0 Å². The van der Waals surface area contributed by atoms with Gasteiger partial charge in [-0.05, 0) is 42.5 Å². The van der Waals surface area contributed by atoms with E-state index in [-0.39, 0.29) is 28.8 Å². The van der Waals surface area contributed by atoms with E-state index in [0.29, 0.717) is 12.4 Å². The van der Waals surface area contributed by atoms with Crippen LogP contribution in [0.25, 0.3) is 11.3 Å². The summed E-state index contributed by atoms with van der Waals surface area (Å²) >= 11 is 0. The number of rotatable bonds is 0. The highest BCUT2D eigenvalue weighted by Gasteiger charge is 2.35. The number of para-hydroxylation sites is 1. The Bertz CT molecular complexity index is 1280. The highest BCUT2D eigenvalue weighted by molar-refractivity contribution is 7.92. The van der Waals surface area contributed by atoms with Crippen molar-refractivity contribution in [3.05, 3.63) is 72.3 Å². The van der Waals surface area contributed by atoms with Crippen molar-refractivity contribution in [2.75, 3.05) is 23.2 Å². The quantitative estimate of drug-likeness (QED) is 0.484. The fourth-order valence-electron chi connectivity index (χ4n) is 3.04. The predicted molar refractivity (Wildman–Crippen MR) is 113 cm³/mol. The highest BCUT2D eigenvalue weighted by Crippen LogP contribution is 2.40. The Kier molecular flexibility index (Phi) is 5.74.